The molecule has 6 nitrogen and oxygen atoms in total. The van der Waals surface area contributed by atoms with Crippen LogP contribution < -0.4 is 14.8 Å². The Hall–Kier alpha value is -3.38. The first-order chi connectivity index (χ1) is 15.9. The summed E-state index contributed by atoms with van der Waals surface area (Å²) in [7, 11) is 0. The average Bonchev–Trinajstić information content (AvgIpc) is 2.80. The Morgan fingerprint density at radius 3 is 2.42 bits per heavy atom. The van der Waals surface area contributed by atoms with Crippen LogP contribution in [0.3, 0.4) is 0 Å². The number of hydrogen-bond acceptors (Lipinski definition) is 6. The Balaban J connectivity index is 1.61. The molecule has 1 aromatic heterocycles. The number of nitrogens with zero attached hydrogens (tertiary/aromatic N) is 1. The van der Waals surface area contributed by atoms with Crippen molar-refractivity contribution >= 4 is 5.97 Å². The second-order valence-electron chi connectivity index (χ2n) is 8.68. The molecule has 0 spiro atoms. The number of ether oxygens (including phenoxy) is 3. The van der Waals surface area contributed by atoms with E-state index >= 15 is 0 Å². The Bertz CT molecular complexity index is 1000. The summed E-state index contributed by atoms with van der Waals surface area (Å²) < 4.78 is 17.2. The molecule has 0 unspecified atom stereocenters. The Morgan fingerprint density at radius 1 is 0.909 bits per heavy atom. The fourth-order valence-corrected chi connectivity index (χ4v) is 3.13. The molecule has 0 aliphatic heterocycles. The van der Waals surface area contributed by atoms with Gasteiger partial charge in [-0.25, -0.2) is 4.79 Å². The average molecular weight is 449 g/mol. The van der Waals surface area contributed by atoms with Crippen LogP contribution >= 0.6 is 0 Å². The molecule has 0 saturated heterocycles. The van der Waals surface area contributed by atoms with Crippen molar-refractivity contribution in [2.45, 2.75) is 45.9 Å². The van der Waals surface area contributed by atoms with Gasteiger partial charge in [-0.1, -0.05) is 42.5 Å². The maximum atomic E-state index is 12.1. The van der Waals surface area contributed by atoms with Crippen LogP contribution in [0.2, 0.25) is 0 Å². The zero-order valence-electron chi connectivity index (χ0n) is 19.5. The molecule has 0 bridgehead atoms. The minimum atomic E-state index is -0.563. The summed E-state index contributed by atoms with van der Waals surface area (Å²) in [4.78, 5) is 16.5. The first-order valence-electron chi connectivity index (χ1n) is 11.1. The Kier molecular flexibility index (Phi) is 8.84. The third kappa shape index (κ3) is 8.94. The Morgan fingerprint density at radius 2 is 1.70 bits per heavy atom. The van der Waals surface area contributed by atoms with Crippen molar-refractivity contribution in [3.05, 3.63) is 89.7 Å². The number of nitrogens with one attached hydrogen (secondary N) is 1. The molecule has 2 aromatic carbocycles. The van der Waals surface area contributed by atoms with Crippen LogP contribution in [-0.2, 0) is 29.1 Å². The molecule has 3 rings (SSSR count). The minimum Gasteiger partial charge on any atom is -0.485 e. The summed E-state index contributed by atoms with van der Waals surface area (Å²) in [6.45, 7) is 7.18. The van der Waals surface area contributed by atoms with Crippen molar-refractivity contribution in [1.82, 2.24) is 10.3 Å². The Labute approximate surface area is 195 Å². The number of benzene rings is 2. The molecule has 0 aliphatic rings. The van der Waals surface area contributed by atoms with Gasteiger partial charge in [0.05, 0.1) is 0 Å². The predicted molar refractivity (Wildman–Crippen MR) is 128 cm³/mol. The van der Waals surface area contributed by atoms with Gasteiger partial charge < -0.3 is 19.5 Å². The minimum absolute atomic E-state index is 0.185. The first kappa shape index (κ1) is 24.3. The molecule has 33 heavy (non-hydrogen) atoms. The van der Waals surface area contributed by atoms with Gasteiger partial charge in [-0.2, -0.15) is 0 Å². The van der Waals surface area contributed by atoms with Gasteiger partial charge >= 0.3 is 5.97 Å². The second kappa shape index (κ2) is 12.0. The number of esters is 1. The number of aromatic nitrogens is 1. The highest BCUT2D eigenvalue weighted by atomic mass is 16.6. The molecule has 0 amide bonds. The van der Waals surface area contributed by atoms with Crippen LogP contribution in [0, 0.1) is 0 Å². The molecule has 0 saturated carbocycles. The van der Waals surface area contributed by atoms with Crippen LogP contribution in [0.4, 0.5) is 0 Å². The largest absolute Gasteiger partial charge is 0.485 e. The molecule has 1 heterocycles. The number of carbonyl (C=O) groups excluding carboxylic acids is 1. The van der Waals surface area contributed by atoms with Crippen LogP contribution in [0.25, 0.3) is 0 Å². The topological polar surface area (TPSA) is 69.7 Å². The molecular weight excluding hydrogens is 416 g/mol. The van der Waals surface area contributed by atoms with E-state index < -0.39 is 11.6 Å². The third-order valence-electron chi connectivity index (χ3n) is 4.62. The van der Waals surface area contributed by atoms with Crippen molar-refractivity contribution in [3.63, 3.8) is 0 Å². The van der Waals surface area contributed by atoms with Gasteiger partial charge in [0.2, 0.25) is 0 Å². The quantitative estimate of drug-likeness (QED) is 0.338. The van der Waals surface area contributed by atoms with E-state index in [2.05, 4.69) is 10.3 Å². The highest BCUT2D eigenvalue weighted by Gasteiger charge is 2.17. The lowest BCUT2D eigenvalue weighted by Gasteiger charge is -2.20. The van der Waals surface area contributed by atoms with Crippen LogP contribution in [-0.4, -0.2) is 29.7 Å². The van der Waals surface area contributed by atoms with Gasteiger partial charge in [-0.3, -0.25) is 4.98 Å². The van der Waals surface area contributed by atoms with Crippen LogP contribution in [0.5, 0.6) is 11.5 Å². The third-order valence-corrected chi connectivity index (χ3v) is 4.62. The smallest absolute Gasteiger partial charge is 0.344 e. The monoisotopic (exact) mass is 448 g/mol. The standard InChI is InChI=1S/C27H32N2O4/c1-27(2,3)33-26(30)20-32-25-17-22(18-28-16-14-23-11-7-8-15-29-23)12-13-24(25)31-19-21-9-5-4-6-10-21/h4-13,15,17,28H,14,16,18-20H2,1-3H3. The van der Waals surface area contributed by atoms with E-state index in [9.17, 15) is 4.79 Å². The lowest BCUT2D eigenvalue weighted by molar-refractivity contribution is -0.157. The van der Waals surface area contributed by atoms with Gasteiger partial charge in [0.1, 0.15) is 12.2 Å². The first-order valence-corrected chi connectivity index (χ1v) is 11.1. The van der Waals surface area contributed by atoms with E-state index in [4.69, 9.17) is 14.2 Å². The molecule has 1 N–H and O–H groups in total. The van der Waals surface area contributed by atoms with Crippen molar-refractivity contribution < 1.29 is 19.0 Å². The number of carbonyl (C=O) groups is 1. The van der Waals surface area contributed by atoms with Crippen molar-refractivity contribution in [2.75, 3.05) is 13.2 Å². The maximum absolute atomic E-state index is 12.1. The lowest BCUT2D eigenvalue weighted by atomic mass is 10.2. The second-order valence-corrected chi connectivity index (χ2v) is 8.68. The molecule has 0 fully saturated rings. The molecule has 6 heteroatoms. The predicted octanol–water partition coefficient (Wildman–Crippen LogP) is 4.71. The van der Waals surface area contributed by atoms with Gasteiger partial charge in [-0.15, -0.1) is 0 Å². The molecule has 0 radical (unpaired) electrons. The lowest BCUT2D eigenvalue weighted by Crippen LogP contribution is -2.27. The van der Waals surface area contributed by atoms with Gasteiger partial charge in [-0.05, 0) is 56.2 Å². The fourth-order valence-electron chi connectivity index (χ4n) is 3.13. The highest BCUT2D eigenvalue weighted by molar-refractivity contribution is 5.71. The van der Waals surface area contributed by atoms with Crippen molar-refractivity contribution in [2.24, 2.45) is 0 Å². The zero-order valence-corrected chi connectivity index (χ0v) is 19.5. The van der Waals surface area contributed by atoms with E-state index in [1.165, 1.54) is 0 Å². The summed E-state index contributed by atoms with van der Waals surface area (Å²) in [5.41, 5.74) is 2.57. The number of pyridine rings is 1. The van der Waals surface area contributed by atoms with Gasteiger partial charge in [0.15, 0.2) is 18.1 Å². The van der Waals surface area contributed by atoms with Crippen molar-refractivity contribution in [1.29, 1.82) is 0 Å². The van der Waals surface area contributed by atoms with Gasteiger partial charge in [0, 0.05) is 31.4 Å². The molecular formula is C27H32N2O4. The van der Waals surface area contributed by atoms with Gasteiger partial charge in [0.25, 0.3) is 0 Å². The number of hydrogen-bond donors (Lipinski definition) is 1. The van der Waals surface area contributed by atoms with E-state index in [0.717, 1.165) is 29.8 Å². The SMILES string of the molecule is CC(C)(C)OC(=O)COc1cc(CNCCc2ccccn2)ccc1OCc1ccccc1. The number of rotatable bonds is 11. The summed E-state index contributed by atoms with van der Waals surface area (Å²) >= 11 is 0. The fraction of sp³-hybridized carbons (Fsp3) is 0.333. The van der Waals surface area contributed by atoms with E-state index in [0.29, 0.717) is 24.7 Å². The van der Waals surface area contributed by atoms with E-state index in [-0.39, 0.29) is 6.61 Å². The zero-order chi connectivity index (χ0) is 23.5. The molecule has 0 aliphatic carbocycles. The van der Waals surface area contributed by atoms with Crippen molar-refractivity contribution in [3.8, 4) is 11.5 Å². The molecule has 0 atom stereocenters. The summed E-state index contributed by atoms with van der Waals surface area (Å²) in [5, 5.41) is 3.42. The summed E-state index contributed by atoms with van der Waals surface area (Å²) in [5.74, 6) is 0.677. The summed E-state index contributed by atoms with van der Waals surface area (Å²) in [6, 6.07) is 21.6. The summed E-state index contributed by atoms with van der Waals surface area (Å²) in [6.07, 6.45) is 2.65. The van der Waals surface area contributed by atoms with Crippen LogP contribution in [0.1, 0.15) is 37.6 Å². The highest BCUT2D eigenvalue weighted by Crippen LogP contribution is 2.29. The van der Waals surface area contributed by atoms with E-state index in [1.807, 2.05) is 87.5 Å². The maximum Gasteiger partial charge on any atom is 0.344 e. The normalized spacial score (nSPS) is 11.1. The molecule has 3 aromatic rings. The van der Waals surface area contributed by atoms with E-state index in [1.54, 1.807) is 6.20 Å². The van der Waals surface area contributed by atoms with Crippen LogP contribution in [0.15, 0.2) is 72.9 Å². The molecule has 174 valence electrons.